The Bertz CT molecular complexity index is 391. The van der Waals surface area contributed by atoms with Crippen molar-refractivity contribution in [1.29, 1.82) is 0 Å². The quantitative estimate of drug-likeness (QED) is 0.871. The van der Waals surface area contributed by atoms with Gasteiger partial charge < -0.3 is 5.32 Å². The SMILES string of the molecule is CC(C)CCNC(=O)Cc1ccc(Cl)c(Cl)c1. The number of halogens is 2. The Morgan fingerprint density at radius 1 is 1.29 bits per heavy atom. The summed E-state index contributed by atoms with van der Waals surface area (Å²) in [5.74, 6) is 0.615. The average molecular weight is 274 g/mol. The smallest absolute Gasteiger partial charge is 0.224 e. The lowest BCUT2D eigenvalue weighted by Crippen LogP contribution is -2.26. The Kier molecular flexibility index (Phi) is 5.79. The van der Waals surface area contributed by atoms with Gasteiger partial charge in [0.1, 0.15) is 0 Å². The molecule has 0 atom stereocenters. The van der Waals surface area contributed by atoms with Crippen LogP contribution in [0.15, 0.2) is 18.2 Å². The van der Waals surface area contributed by atoms with Crippen molar-refractivity contribution in [3.8, 4) is 0 Å². The van der Waals surface area contributed by atoms with Gasteiger partial charge in [0.25, 0.3) is 0 Å². The minimum Gasteiger partial charge on any atom is -0.356 e. The lowest BCUT2D eigenvalue weighted by atomic mass is 10.1. The fraction of sp³-hybridized carbons (Fsp3) is 0.462. The summed E-state index contributed by atoms with van der Waals surface area (Å²) in [6.07, 6.45) is 1.34. The fourth-order valence-electron chi connectivity index (χ4n) is 1.40. The molecule has 4 heteroatoms. The van der Waals surface area contributed by atoms with Crippen molar-refractivity contribution in [2.75, 3.05) is 6.54 Å². The van der Waals surface area contributed by atoms with Gasteiger partial charge in [-0.3, -0.25) is 4.79 Å². The van der Waals surface area contributed by atoms with Crippen LogP contribution >= 0.6 is 23.2 Å². The van der Waals surface area contributed by atoms with Gasteiger partial charge in [0.05, 0.1) is 16.5 Å². The number of benzene rings is 1. The van der Waals surface area contributed by atoms with Crippen molar-refractivity contribution in [2.24, 2.45) is 5.92 Å². The van der Waals surface area contributed by atoms with E-state index in [-0.39, 0.29) is 5.91 Å². The van der Waals surface area contributed by atoms with E-state index in [2.05, 4.69) is 19.2 Å². The van der Waals surface area contributed by atoms with Gasteiger partial charge in [0.2, 0.25) is 5.91 Å². The molecule has 0 fully saturated rings. The van der Waals surface area contributed by atoms with Crippen molar-refractivity contribution in [2.45, 2.75) is 26.7 Å². The monoisotopic (exact) mass is 273 g/mol. The first-order valence-corrected chi connectivity index (χ1v) is 6.45. The number of rotatable bonds is 5. The predicted molar refractivity (Wildman–Crippen MR) is 72.6 cm³/mol. The molecule has 94 valence electrons. The summed E-state index contributed by atoms with van der Waals surface area (Å²) in [6.45, 7) is 4.98. The molecule has 0 saturated carbocycles. The lowest BCUT2D eigenvalue weighted by molar-refractivity contribution is -0.120. The van der Waals surface area contributed by atoms with Crippen molar-refractivity contribution < 1.29 is 4.79 Å². The Labute approximate surface area is 112 Å². The minimum atomic E-state index is 0.0176. The standard InChI is InChI=1S/C13H17Cl2NO/c1-9(2)5-6-16-13(17)8-10-3-4-11(14)12(15)7-10/h3-4,7,9H,5-6,8H2,1-2H3,(H,16,17). The second kappa shape index (κ2) is 6.87. The normalized spacial score (nSPS) is 10.6. The first-order valence-electron chi connectivity index (χ1n) is 5.69. The van der Waals surface area contributed by atoms with Crippen LogP contribution in [0.4, 0.5) is 0 Å². The molecule has 0 aliphatic heterocycles. The van der Waals surface area contributed by atoms with E-state index in [4.69, 9.17) is 23.2 Å². The lowest BCUT2D eigenvalue weighted by Gasteiger charge is -2.07. The molecule has 0 saturated heterocycles. The van der Waals surface area contributed by atoms with Crippen LogP contribution in [-0.4, -0.2) is 12.5 Å². The highest BCUT2D eigenvalue weighted by atomic mass is 35.5. The fourth-order valence-corrected chi connectivity index (χ4v) is 1.72. The molecule has 1 aromatic carbocycles. The molecule has 0 aliphatic rings. The molecule has 17 heavy (non-hydrogen) atoms. The predicted octanol–water partition coefficient (Wildman–Crippen LogP) is 3.70. The summed E-state index contributed by atoms with van der Waals surface area (Å²) in [5, 5.41) is 3.88. The Hall–Kier alpha value is -0.730. The second-order valence-electron chi connectivity index (χ2n) is 4.46. The maximum atomic E-state index is 11.6. The zero-order valence-electron chi connectivity index (χ0n) is 10.1. The average Bonchev–Trinajstić information content (AvgIpc) is 2.23. The molecule has 0 heterocycles. The summed E-state index contributed by atoms with van der Waals surface area (Å²) in [7, 11) is 0. The zero-order chi connectivity index (χ0) is 12.8. The van der Waals surface area contributed by atoms with Crippen molar-refractivity contribution in [3.63, 3.8) is 0 Å². The van der Waals surface area contributed by atoms with Gasteiger partial charge in [-0.25, -0.2) is 0 Å². The summed E-state index contributed by atoms with van der Waals surface area (Å²) in [4.78, 5) is 11.6. The number of carbonyl (C=O) groups excluding carboxylic acids is 1. The van der Waals surface area contributed by atoms with Crippen LogP contribution in [0.5, 0.6) is 0 Å². The van der Waals surface area contributed by atoms with Gasteiger partial charge in [-0.05, 0) is 30.0 Å². The molecule has 0 radical (unpaired) electrons. The molecular formula is C13H17Cl2NO. The molecule has 0 aliphatic carbocycles. The zero-order valence-corrected chi connectivity index (χ0v) is 11.6. The summed E-state index contributed by atoms with van der Waals surface area (Å²) < 4.78 is 0. The van der Waals surface area contributed by atoms with E-state index in [9.17, 15) is 4.79 Å². The highest BCUT2D eigenvalue weighted by molar-refractivity contribution is 6.42. The van der Waals surface area contributed by atoms with Crippen LogP contribution in [0, 0.1) is 5.92 Å². The molecular weight excluding hydrogens is 257 g/mol. The third-order valence-corrected chi connectivity index (χ3v) is 3.13. The minimum absolute atomic E-state index is 0.0176. The Morgan fingerprint density at radius 2 is 2.00 bits per heavy atom. The topological polar surface area (TPSA) is 29.1 Å². The molecule has 1 rings (SSSR count). The van der Waals surface area contributed by atoms with Crippen LogP contribution < -0.4 is 5.32 Å². The molecule has 0 aromatic heterocycles. The van der Waals surface area contributed by atoms with Gasteiger partial charge in [-0.1, -0.05) is 43.1 Å². The van der Waals surface area contributed by atoms with E-state index >= 15 is 0 Å². The maximum Gasteiger partial charge on any atom is 0.224 e. The highest BCUT2D eigenvalue weighted by Gasteiger charge is 2.05. The van der Waals surface area contributed by atoms with Crippen LogP contribution in [-0.2, 0) is 11.2 Å². The van der Waals surface area contributed by atoms with Crippen molar-refractivity contribution in [3.05, 3.63) is 33.8 Å². The third kappa shape index (κ3) is 5.42. The van der Waals surface area contributed by atoms with E-state index in [1.54, 1.807) is 12.1 Å². The molecule has 0 spiro atoms. The molecule has 2 nitrogen and oxygen atoms in total. The van der Waals surface area contributed by atoms with Gasteiger partial charge in [0.15, 0.2) is 0 Å². The molecule has 1 amide bonds. The van der Waals surface area contributed by atoms with Crippen LogP contribution in [0.2, 0.25) is 10.0 Å². The maximum absolute atomic E-state index is 11.6. The summed E-state index contributed by atoms with van der Waals surface area (Å²) >= 11 is 11.7. The summed E-state index contributed by atoms with van der Waals surface area (Å²) in [5.41, 5.74) is 0.876. The largest absolute Gasteiger partial charge is 0.356 e. The number of carbonyl (C=O) groups is 1. The number of nitrogens with one attached hydrogen (secondary N) is 1. The number of amides is 1. The Morgan fingerprint density at radius 3 is 2.59 bits per heavy atom. The first kappa shape index (κ1) is 14.3. The molecule has 1 aromatic rings. The number of hydrogen-bond acceptors (Lipinski definition) is 1. The molecule has 1 N–H and O–H groups in total. The summed E-state index contributed by atoms with van der Waals surface area (Å²) in [6, 6.07) is 5.25. The first-order chi connectivity index (χ1) is 7.99. The Balaban J connectivity index is 2.42. The third-order valence-electron chi connectivity index (χ3n) is 2.39. The number of hydrogen-bond donors (Lipinski definition) is 1. The van der Waals surface area contributed by atoms with Crippen molar-refractivity contribution >= 4 is 29.1 Å². The van der Waals surface area contributed by atoms with Gasteiger partial charge in [0, 0.05) is 6.54 Å². The van der Waals surface area contributed by atoms with Crippen LogP contribution in [0.3, 0.4) is 0 Å². The molecule has 0 bridgehead atoms. The highest BCUT2D eigenvalue weighted by Crippen LogP contribution is 2.22. The van der Waals surface area contributed by atoms with Crippen molar-refractivity contribution in [1.82, 2.24) is 5.32 Å². The van der Waals surface area contributed by atoms with E-state index < -0.39 is 0 Å². The second-order valence-corrected chi connectivity index (χ2v) is 5.27. The van der Waals surface area contributed by atoms with E-state index in [0.29, 0.717) is 22.4 Å². The van der Waals surface area contributed by atoms with Gasteiger partial charge >= 0.3 is 0 Å². The van der Waals surface area contributed by atoms with Crippen LogP contribution in [0.1, 0.15) is 25.8 Å². The molecule has 0 unspecified atom stereocenters. The van der Waals surface area contributed by atoms with E-state index in [1.807, 2.05) is 6.07 Å². The van der Waals surface area contributed by atoms with E-state index in [1.165, 1.54) is 0 Å². The van der Waals surface area contributed by atoms with Gasteiger partial charge in [-0.15, -0.1) is 0 Å². The van der Waals surface area contributed by atoms with Crippen LogP contribution in [0.25, 0.3) is 0 Å². The van der Waals surface area contributed by atoms with Gasteiger partial charge in [-0.2, -0.15) is 0 Å². The van der Waals surface area contributed by atoms with E-state index in [0.717, 1.165) is 18.5 Å².